The van der Waals surface area contributed by atoms with E-state index < -0.39 is 6.17 Å². The van der Waals surface area contributed by atoms with Gasteiger partial charge in [-0.15, -0.1) is 10.2 Å². The predicted molar refractivity (Wildman–Crippen MR) is 130 cm³/mol. The zero-order valence-electron chi connectivity index (χ0n) is 20.0. The van der Waals surface area contributed by atoms with Crippen molar-refractivity contribution in [2.45, 2.75) is 44.6 Å². The van der Waals surface area contributed by atoms with Gasteiger partial charge in [0, 0.05) is 31.9 Å². The molecule has 2 aliphatic heterocycles. The summed E-state index contributed by atoms with van der Waals surface area (Å²) in [6.07, 6.45) is 1.55. The number of nitrogens with one attached hydrogen (secondary N) is 2. The lowest BCUT2D eigenvalue weighted by Crippen LogP contribution is -2.57. The average Bonchev–Trinajstić information content (AvgIpc) is 3.43. The first kappa shape index (κ1) is 22.1. The van der Waals surface area contributed by atoms with Crippen LogP contribution >= 0.6 is 0 Å². The minimum Gasteiger partial charge on any atom is -0.378 e. The van der Waals surface area contributed by atoms with E-state index in [0.29, 0.717) is 44.0 Å². The van der Waals surface area contributed by atoms with Crippen molar-refractivity contribution >= 4 is 28.4 Å². The van der Waals surface area contributed by atoms with Gasteiger partial charge >= 0.3 is 0 Å². The second-order valence-electron chi connectivity index (χ2n) is 9.47. The van der Waals surface area contributed by atoms with Crippen molar-refractivity contribution in [1.29, 1.82) is 0 Å². The highest BCUT2D eigenvalue weighted by Crippen LogP contribution is 2.31. The molecule has 2 fully saturated rings. The van der Waals surface area contributed by atoms with Gasteiger partial charge in [0.1, 0.15) is 17.2 Å². The molecule has 35 heavy (non-hydrogen) atoms. The second-order valence-corrected chi connectivity index (χ2v) is 9.47. The maximum Gasteiger partial charge on any atom is 0.243 e. The molecule has 6 heterocycles. The summed E-state index contributed by atoms with van der Waals surface area (Å²) in [5, 5.41) is 19.5. The lowest BCUT2D eigenvalue weighted by atomic mass is 10.0. The molecule has 0 bridgehead atoms. The fourth-order valence-corrected chi connectivity index (χ4v) is 4.81. The highest BCUT2D eigenvalue weighted by molar-refractivity contribution is 5.89. The number of halogens is 1. The molecule has 12 heteroatoms. The summed E-state index contributed by atoms with van der Waals surface area (Å²) in [6, 6.07) is 5.97. The number of alkyl halides is 1. The lowest BCUT2D eigenvalue weighted by molar-refractivity contribution is -0.0794. The molecule has 0 saturated carbocycles. The number of ether oxygens (including phenoxy) is 1. The molecule has 4 aromatic heterocycles. The molecule has 2 atom stereocenters. The smallest absolute Gasteiger partial charge is 0.243 e. The first-order valence-electron chi connectivity index (χ1n) is 12.0. The monoisotopic (exact) mass is 480 g/mol. The molecule has 0 aliphatic carbocycles. The van der Waals surface area contributed by atoms with E-state index in [1.165, 1.54) is 0 Å². The summed E-state index contributed by atoms with van der Waals surface area (Å²) in [4.78, 5) is 11.7. The molecule has 0 unspecified atom stereocenters. The van der Waals surface area contributed by atoms with Gasteiger partial charge < -0.3 is 15.4 Å². The number of fused-ring (bicyclic) bond motifs is 2. The Balaban J connectivity index is 1.29. The van der Waals surface area contributed by atoms with E-state index in [9.17, 15) is 4.39 Å². The minimum absolute atomic E-state index is 0.145. The number of piperidine rings is 1. The van der Waals surface area contributed by atoms with E-state index in [-0.39, 0.29) is 12.1 Å². The standard InChI is InChI=1S/C23H29FN10O/c1-13(2)34-22-19(29-31-34)5-4-17(26-22)15-6-9-33-20(15)21(25-3)28-23(30-33)27-18-7-8-32(10-16(18)24)14-11-35-12-14/h4-6,9,13-14,16,18H,7-8,10-12H2,1-3H3,(H2,25,27,28,30)/t16-,18+/m1/s1. The number of hydrogen-bond acceptors (Lipinski definition) is 9. The van der Waals surface area contributed by atoms with Gasteiger partial charge in [-0.05, 0) is 38.5 Å². The second kappa shape index (κ2) is 8.68. The van der Waals surface area contributed by atoms with Crippen molar-refractivity contribution in [3.05, 3.63) is 24.4 Å². The summed E-state index contributed by atoms with van der Waals surface area (Å²) in [6.45, 7) is 6.72. The van der Waals surface area contributed by atoms with Crippen LogP contribution in [0.25, 0.3) is 27.9 Å². The van der Waals surface area contributed by atoms with Crippen LogP contribution in [0.1, 0.15) is 26.3 Å². The first-order chi connectivity index (χ1) is 17.0. The van der Waals surface area contributed by atoms with Crippen molar-refractivity contribution in [3.63, 3.8) is 0 Å². The van der Waals surface area contributed by atoms with E-state index >= 15 is 0 Å². The van der Waals surface area contributed by atoms with Crippen molar-refractivity contribution in [3.8, 4) is 11.3 Å². The van der Waals surface area contributed by atoms with Gasteiger partial charge in [-0.2, -0.15) is 4.98 Å². The molecule has 2 saturated heterocycles. The number of hydrogen-bond donors (Lipinski definition) is 2. The molecule has 0 radical (unpaired) electrons. The van der Waals surface area contributed by atoms with Crippen molar-refractivity contribution in [1.82, 2.24) is 39.5 Å². The van der Waals surface area contributed by atoms with Crippen molar-refractivity contribution < 1.29 is 9.13 Å². The average molecular weight is 481 g/mol. The Kier molecular flexibility index (Phi) is 5.49. The molecular formula is C23H29FN10O. The number of likely N-dealkylation sites (tertiary alicyclic amines) is 1. The van der Waals surface area contributed by atoms with Crippen LogP contribution in [0.2, 0.25) is 0 Å². The highest BCUT2D eigenvalue weighted by atomic mass is 19.1. The van der Waals surface area contributed by atoms with E-state index in [1.54, 1.807) is 4.52 Å². The summed E-state index contributed by atoms with van der Waals surface area (Å²) in [5.74, 6) is 1.03. The zero-order valence-corrected chi connectivity index (χ0v) is 20.0. The molecule has 11 nitrogen and oxygen atoms in total. The Labute approximate surface area is 201 Å². The summed E-state index contributed by atoms with van der Waals surface area (Å²) >= 11 is 0. The highest BCUT2D eigenvalue weighted by Gasteiger charge is 2.35. The third kappa shape index (κ3) is 3.86. The molecule has 184 valence electrons. The Morgan fingerprint density at radius 1 is 1.17 bits per heavy atom. The lowest BCUT2D eigenvalue weighted by Gasteiger charge is -2.42. The molecule has 2 N–H and O–H groups in total. The van der Waals surface area contributed by atoms with E-state index in [2.05, 4.69) is 35.9 Å². The number of nitrogens with zero attached hydrogens (tertiary/aromatic N) is 8. The van der Waals surface area contributed by atoms with Gasteiger partial charge in [0.05, 0.1) is 37.0 Å². The first-order valence-corrected chi connectivity index (χ1v) is 12.0. The van der Waals surface area contributed by atoms with Gasteiger partial charge in [-0.3, -0.25) is 4.90 Å². The topological polar surface area (TPSA) is 110 Å². The Morgan fingerprint density at radius 3 is 2.74 bits per heavy atom. The normalized spacial score (nSPS) is 21.6. The molecule has 0 amide bonds. The number of pyridine rings is 1. The molecule has 0 aromatic carbocycles. The molecule has 4 aromatic rings. The molecule has 2 aliphatic rings. The SMILES string of the molecule is CNc1nc(N[C@H]2CCN(C3COC3)C[C@H]2F)nn2ccc(-c3ccc4nnn(C(C)C)c4n3)c12. The van der Waals surface area contributed by atoms with Crippen LogP contribution in [-0.2, 0) is 4.74 Å². The van der Waals surface area contributed by atoms with E-state index in [4.69, 9.17) is 9.72 Å². The Bertz CT molecular complexity index is 1360. The van der Waals surface area contributed by atoms with Gasteiger partial charge in [0.25, 0.3) is 0 Å². The summed E-state index contributed by atoms with van der Waals surface area (Å²) in [5.41, 5.74) is 3.94. The Morgan fingerprint density at radius 2 is 2.03 bits per heavy atom. The summed E-state index contributed by atoms with van der Waals surface area (Å²) in [7, 11) is 1.81. The number of aromatic nitrogens is 7. The van der Waals surface area contributed by atoms with Crippen molar-refractivity contribution in [2.75, 3.05) is 44.0 Å². The van der Waals surface area contributed by atoms with Crippen molar-refractivity contribution in [2.24, 2.45) is 0 Å². The molecule has 6 rings (SSSR count). The molecule has 0 spiro atoms. The summed E-state index contributed by atoms with van der Waals surface area (Å²) < 4.78 is 23.8. The zero-order chi connectivity index (χ0) is 24.1. The third-order valence-electron chi connectivity index (χ3n) is 6.86. The van der Waals surface area contributed by atoms with Crippen LogP contribution in [0.5, 0.6) is 0 Å². The fourth-order valence-electron chi connectivity index (χ4n) is 4.81. The third-order valence-corrected chi connectivity index (χ3v) is 6.86. The van der Waals surface area contributed by atoms with Crippen LogP contribution < -0.4 is 10.6 Å². The fraction of sp³-hybridized carbons (Fsp3) is 0.522. The van der Waals surface area contributed by atoms with Gasteiger partial charge in [-0.25, -0.2) is 18.6 Å². The van der Waals surface area contributed by atoms with E-state index in [1.807, 2.05) is 50.0 Å². The van der Waals surface area contributed by atoms with Crippen LogP contribution in [0.4, 0.5) is 16.2 Å². The quantitative estimate of drug-likeness (QED) is 0.430. The van der Waals surface area contributed by atoms with Crippen LogP contribution in [-0.4, -0.2) is 91.1 Å². The van der Waals surface area contributed by atoms with Gasteiger partial charge in [-0.1, -0.05) is 5.21 Å². The van der Waals surface area contributed by atoms with Crippen LogP contribution in [0, 0.1) is 0 Å². The maximum atomic E-state index is 15.0. The minimum atomic E-state index is -1.00. The Hall–Kier alpha value is -3.38. The van der Waals surface area contributed by atoms with E-state index in [0.717, 1.165) is 34.5 Å². The van der Waals surface area contributed by atoms with Crippen LogP contribution in [0.3, 0.4) is 0 Å². The number of rotatable bonds is 6. The van der Waals surface area contributed by atoms with Crippen LogP contribution in [0.15, 0.2) is 24.4 Å². The maximum absolute atomic E-state index is 15.0. The number of anilines is 2. The largest absolute Gasteiger partial charge is 0.378 e. The molecular weight excluding hydrogens is 451 g/mol. The van der Waals surface area contributed by atoms with Gasteiger partial charge in [0.15, 0.2) is 11.5 Å². The predicted octanol–water partition coefficient (Wildman–Crippen LogP) is 2.38. The van der Waals surface area contributed by atoms with Gasteiger partial charge in [0.2, 0.25) is 5.95 Å².